The van der Waals surface area contributed by atoms with Gasteiger partial charge in [0.1, 0.15) is 0 Å². The van der Waals surface area contributed by atoms with Crippen molar-refractivity contribution in [3.63, 3.8) is 0 Å². The smallest absolute Gasteiger partial charge is 0.232 e. The van der Waals surface area contributed by atoms with Crippen molar-refractivity contribution < 1.29 is 8.42 Å². The van der Waals surface area contributed by atoms with Gasteiger partial charge in [-0.2, -0.15) is 0 Å². The molecule has 14 heavy (non-hydrogen) atoms. The van der Waals surface area contributed by atoms with Gasteiger partial charge < -0.3 is 0 Å². The molecule has 3 nitrogen and oxygen atoms in total. The van der Waals surface area contributed by atoms with Crippen LogP contribution in [0.25, 0.3) is 0 Å². The minimum atomic E-state index is -3.18. The van der Waals surface area contributed by atoms with E-state index < -0.39 is 10.0 Å². The van der Waals surface area contributed by atoms with Crippen LogP contribution < -0.4 is 4.31 Å². The molecule has 0 saturated heterocycles. The first-order valence-corrected chi connectivity index (χ1v) is 6.66. The monoisotopic (exact) mass is 277 g/mol. The minimum absolute atomic E-state index is 0.696. The van der Waals surface area contributed by atoms with Crippen LogP contribution in [0.4, 0.5) is 5.69 Å². The second-order valence-electron chi connectivity index (χ2n) is 3.16. The summed E-state index contributed by atoms with van der Waals surface area (Å²) in [4.78, 5) is 0. The SMILES string of the molecule is Cc1ccc(Br)cc1N(C)S(C)(=O)=O. The Morgan fingerprint density at radius 2 is 1.93 bits per heavy atom. The predicted molar refractivity (Wildman–Crippen MR) is 62.1 cm³/mol. The van der Waals surface area contributed by atoms with Gasteiger partial charge in [0, 0.05) is 11.5 Å². The lowest BCUT2D eigenvalue weighted by Gasteiger charge is -2.19. The lowest BCUT2D eigenvalue weighted by molar-refractivity contribution is 0.600. The van der Waals surface area contributed by atoms with Crippen LogP contribution in [0.3, 0.4) is 0 Å². The number of hydrogen-bond acceptors (Lipinski definition) is 2. The largest absolute Gasteiger partial charge is 0.273 e. The first-order valence-electron chi connectivity index (χ1n) is 4.02. The Bertz CT molecular complexity index is 442. The Balaban J connectivity index is 3.26. The molecule has 0 radical (unpaired) electrons. The van der Waals surface area contributed by atoms with Crippen molar-refractivity contribution >= 4 is 31.6 Å². The fraction of sp³-hybridized carbons (Fsp3) is 0.333. The van der Waals surface area contributed by atoms with Crippen LogP contribution in [-0.2, 0) is 10.0 Å². The van der Waals surface area contributed by atoms with E-state index in [9.17, 15) is 8.42 Å². The zero-order valence-electron chi connectivity index (χ0n) is 8.28. The van der Waals surface area contributed by atoms with E-state index in [1.54, 1.807) is 13.1 Å². The van der Waals surface area contributed by atoms with Gasteiger partial charge in [0.15, 0.2) is 0 Å². The maximum absolute atomic E-state index is 11.3. The molecule has 0 spiro atoms. The molecule has 0 aliphatic rings. The number of hydrogen-bond donors (Lipinski definition) is 0. The molecule has 1 aromatic rings. The molecule has 0 atom stereocenters. The lowest BCUT2D eigenvalue weighted by atomic mass is 10.2. The lowest BCUT2D eigenvalue weighted by Crippen LogP contribution is -2.25. The summed E-state index contributed by atoms with van der Waals surface area (Å²) in [7, 11) is -1.64. The van der Waals surface area contributed by atoms with Gasteiger partial charge in [-0.25, -0.2) is 8.42 Å². The van der Waals surface area contributed by atoms with E-state index in [0.29, 0.717) is 5.69 Å². The molecular formula is C9H12BrNO2S. The fourth-order valence-electron chi connectivity index (χ4n) is 1.10. The van der Waals surface area contributed by atoms with E-state index >= 15 is 0 Å². The normalized spacial score (nSPS) is 11.4. The van der Waals surface area contributed by atoms with Crippen LogP contribution in [0.15, 0.2) is 22.7 Å². The van der Waals surface area contributed by atoms with Gasteiger partial charge in [-0.3, -0.25) is 4.31 Å². The topological polar surface area (TPSA) is 37.4 Å². The van der Waals surface area contributed by atoms with Crippen molar-refractivity contribution in [2.24, 2.45) is 0 Å². The summed E-state index contributed by atoms with van der Waals surface area (Å²) in [6, 6.07) is 5.55. The molecule has 0 aromatic heterocycles. The van der Waals surface area contributed by atoms with Crippen LogP contribution in [-0.4, -0.2) is 21.7 Å². The number of nitrogens with zero attached hydrogens (tertiary/aromatic N) is 1. The van der Waals surface area contributed by atoms with Gasteiger partial charge in [0.2, 0.25) is 10.0 Å². The maximum atomic E-state index is 11.3. The second kappa shape index (κ2) is 3.90. The van der Waals surface area contributed by atoms with Gasteiger partial charge in [-0.15, -0.1) is 0 Å². The molecule has 0 fully saturated rings. The summed E-state index contributed by atoms with van der Waals surface area (Å²) in [5.74, 6) is 0. The molecule has 0 saturated carbocycles. The van der Waals surface area contributed by atoms with Gasteiger partial charge in [-0.05, 0) is 24.6 Å². The standard InChI is InChI=1S/C9H12BrNO2S/c1-7-4-5-8(10)6-9(7)11(2)14(3,12)13/h4-6H,1-3H3. The number of halogens is 1. The van der Waals surface area contributed by atoms with Crippen LogP contribution in [0.2, 0.25) is 0 Å². The number of rotatable bonds is 2. The first kappa shape index (κ1) is 11.5. The zero-order chi connectivity index (χ0) is 10.9. The summed E-state index contributed by atoms with van der Waals surface area (Å²) in [5.41, 5.74) is 1.63. The Hall–Kier alpha value is -0.550. The summed E-state index contributed by atoms with van der Waals surface area (Å²) in [6.45, 7) is 1.88. The van der Waals surface area contributed by atoms with E-state index in [4.69, 9.17) is 0 Å². The third kappa shape index (κ3) is 2.48. The molecular weight excluding hydrogens is 266 g/mol. The van der Waals surface area contributed by atoms with Gasteiger partial charge in [-0.1, -0.05) is 22.0 Å². The summed E-state index contributed by atoms with van der Waals surface area (Å²) >= 11 is 3.31. The molecule has 0 amide bonds. The Morgan fingerprint density at radius 1 is 1.36 bits per heavy atom. The number of sulfonamides is 1. The Morgan fingerprint density at radius 3 is 2.43 bits per heavy atom. The highest BCUT2D eigenvalue weighted by Gasteiger charge is 2.13. The molecule has 78 valence electrons. The molecule has 0 unspecified atom stereocenters. The molecule has 0 aliphatic carbocycles. The average Bonchev–Trinajstić information content (AvgIpc) is 2.06. The number of aryl methyl sites for hydroxylation is 1. The molecule has 1 aromatic carbocycles. The van der Waals surface area contributed by atoms with E-state index in [-0.39, 0.29) is 0 Å². The molecule has 0 N–H and O–H groups in total. The second-order valence-corrected chi connectivity index (χ2v) is 6.09. The van der Waals surface area contributed by atoms with Crippen molar-refractivity contribution in [1.82, 2.24) is 0 Å². The van der Waals surface area contributed by atoms with Crippen molar-refractivity contribution in [3.8, 4) is 0 Å². The molecule has 5 heteroatoms. The van der Waals surface area contributed by atoms with Crippen molar-refractivity contribution in [3.05, 3.63) is 28.2 Å². The van der Waals surface area contributed by atoms with Gasteiger partial charge in [0.25, 0.3) is 0 Å². The zero-order valence-corrected chi connectivity index (χ0v) is 10.7. The van der Waals surface area contributed by atoms with E-state index in [0.717, 1.165) is 10.0 Å². The Labute approximate surface area is 92.9 Å². The summed E-state index contributed by atoms with van der Waals surface area (Å²) in [5, 5.41) is 0. The minimum Gasteiger partial charge on any atom is -0.273 e. The van der Waals surface area contributed by atoms with Crippen molar-refractivity contribution in [2.45, 2.75) is 6.92 Å². The highest BCUT2D eigenvalue weighted by atomic mass is 79.9. The molecule has 1 rings (SSSR count). The van der Waals surface area contributed by atoms with E-state index in [2.05, 4.69) is 15.9 Å². The molecule has 0 heterocycles. The fourth-order valence-corrected chi connectivity index (χ4v) is 2.00. The van der Waals surface area contributed by atoms with Crippen LogP contribution in [0.5, 0.6) is 0 Å². The van der Waals surface area contributed by atoms with Crippen molar-refractivity contribution in [1.29, 1.82) is 0 Å². The van der Waals surface area contributed by atoms with Crippen LogP contribution >= 0.6 is 15.9 Å². The van der Waals surface area contributed by atoms with Crippen LogP contribution in [0.1, 0.15) is 5.56 Å². The Kier molecular flexibility index (Phi) is 3.21. The van der Waals surface area contributed by atoms with Crippen LogP contribution in [0, 0.1) is 6.92 Å². The molecule has 0 bridgehead atoms. The first-order chi connectivity index (χ1) is 6.32. The van der Waals surface area contributed by atoms with E-state index in [1.807, 2.05) is 19.1 Å². The molecule has 0 aliphatic heterocycles. The van der Waals surface area contributed by atoms with Gasteiger partial charge in [0.05, 0.1) is 11.9 Å². The third-order valence-corrected chi connectivity index (χ3v) is 3.69. The predicted octanol–water partition coefficient (Wildman–Crippen LogP) is 2.15. The van der Waals surface area contributed by atoms with E-state index in [1.165, 1.54) is 10.6 Å². The quantitative estimate of drug-likeness (QED) is 0.831. The summed E-state index contributed by atoms with van der Waals surface area (Å²) in [6.07, 6.45) is 1.19. The third-order valence-electron chi connectivity index (χ3n) is 2.01. The maximum Gasteiger partial charge on any atom is 0.232 e. The average molecular weight is 278 g/mol. The van der Waals surface area contributed by atoms with Gasteiger partial charge >= 0.3 is 0 Å². The number of benzene rings is 1. The number of anilines is 1. The van der Waals surface area contributed by atoms with Crippen molar-refractivity contribution in [2.75, 3.05) is 17.6 Å². The highest BCUT2D eigenvalue weighted by Crippen LogP contribution is 2.24. The highest BCUT2D eigenvalue weighted by molar-refractivity contribution is 9.10. The summed E-state index contributed by atoms with van der Waals surface area (Å²) < 4.78 is 24.8.